The van der Waals surface area contributed by atoms with E-state index in [9.17, 15) is 8.42 Å². The van der Waals surface area contributed by atoms with Gasteiger partial charge in [-0.2, -0.15) is 0 Å². The molecule has 41 heavy (non-hydrogen) atoms. The van der Waals surface area contributed by atoms with Crippen LogP contribution in [-0.4, -0.2) is 19.7 Å². The molecule has 0 fully saturated rings. The van der Waals surface area contributed by atoms with E-state index in [4.69, 9.17) is 17.6 Å². The Morgan fingerprint density at radius 2 is 1.46 bits per heavy atom. The summed E-state index contributed by atoms with van der Waals surface area (Å²) in [6.45, 7) is 4.23. The minimum absolute atomic E-state index is 0.285. The van der Waals surface area contributed by atoms with Crippen LogP contribution in [0.15, 0.2) is 118 Å². The van der Waals surface area contributed by atoms with Crippen molar-refractivity contribution in [2.24, 2.45) is 0 Å². The highest BCUT2D eigenvalue weighted by molar-refractivity contribution is 7.90. The molecular formula is C34H28N2O2S3. The van der Waals surface area contributed by atoms with Crippen molar-refractivity contribution in [1.82, 2.24) is 4.98 Å². The predicted octanol–water partition coefficient (Wildman–Crippen LogP) is 9.41. The molecule has 4 nitrogen and oxygen atoms in total. The average molecular weight is 593 g/mol. The van der Waals surface area contributed by atoms with Crippen molar-refractivity contribution in [3.8, 4) is 21.7 Å². The van der Waals surface area contributed by atoms with Crippen LogP contribution in [0.5, 0.6) is 0 Å². The first-order valence-corrected chi connectivity index (χ1v) is 16.4. The fourth-order valence-corrected chi connectivity index (χ4v) is 6.82. The molecule has 0 amide bonds. The van der Waals surface area contributed by atoms with E-state index in [0.29, 0.717) is 0 Å². The molecule has 0 saturated carbocycles. The van der Waals surface area contributed by atoms with Gasteiger partial charge in [-0.25, -0.2) is 13.4 Å². The van der Waals surface area contributed by atoms with Gasteiger partial charge in [0.25, 0.3) is 0 Å². The third-order valence-electron chi connectivity index (χ3n) is 7.23. The molecule has 0 aliphatic carbocycles. The normalized spacial score (nSPS) is 11.6. The number of rotatable bonds is 6. The number of fused-ring (bicyclic) bond motifs is 1. The van der Waals surface area contributed by atoms with E-state index in [1.165, 1.54) is 6.26 Å². The second-order valence-corrected chi connectivity index (χ2v) is 13.5. The fraction of sp³-hybridized carbons (Fsp3) is 0.0882. The average Bonchev–Trinajstić information content (AvgIpc) is 3.50. The summed E-state index contributed by atoms with van der Waals surface area (Å²) in [6.07, 6.45) is 1.22. The summed E-state index contributed by atoms with van der Waals surface area (Å²) in [5, 5.41) is 3.16. The predicted molar refractivity (Wildman–Crippen MR) is 175 cm³/mol. The summed E-state index contributed by atoms with van der Waals surface area (Å²) in [5.41, 5.74) is 8.77. The Bertz CT molecular complexity index is 1950. The number of thiophene rings is 1. The molecule has 0 N–H and O–H groups in total. The molecule has 204 valence electrons. The summed E-state index contributed by atoms with van der Waals surface area (Å²) >= 11 is 6.54. The lowest BCUT2D eigenvalue weighted by Gasteiger charge is -2.29. The van der Waals surface area contributed by atoms with Gasteiger partial charge in [0.15, 0.2) is 9.84 Å². The largest absolute Gasteiger partial charge is 0.307 e. The summed E-state index contributed by atoms with van der Waals surface area (Å²) < 4.78 is 24.2. The second kappa shape index (κ2) is 10.8. The zero-order chi connectivity index (χ0) is 28.7. The van der Waals surface area contributed by atoms with Crippen molar-refractivity contribution in [2.75, 3.05) is 11.2 Å². The third-order valence-corrected chi connectivity index (χ3v) is 9.64. The van der Waals surface area contributed by atoms with Crippen LogP contribution in [0.1, 0.15) is 11.1 Å². The van der Waals surface area contributed by atoms with Crippen molar-refractivity contribution in [3.63, 3.8) is 0 Å². The Balaban J connectivity index is 1.69. The van der Waals surface area contributed by atoms with Gasteiger partial charge in [0.2, 0.25) is 0 Å². The number of aryl methyl sites for hydroxylation is 2. The van der Waals surface area contributed by atoms with Gasteiger partial charge < -0.3 is 4.90 Å². The summed E-state index contributed by atoms with van der Waals surface area (Å²) in [4.78, 5) is 9.81. The fourth-order valence-electron chi connectivity index (χ4n) is 5.18. The van der Waals surface area contributed by atoms with E-state index in [0.717, 1.165) is 65.7 Å². The number of hydrogen-bond donors (Lipinski definition) is 1. The number of aromatic nitrogens is 1. The molecule has 0 atom stereocenters. The molecule has 0 bridgehead atoms. The number of anilines is 3. The number of nitrogens with zero attached hydrogens (tertiary/aromatic N) is 2. The maximum Gasteiger partial charge on any atom is 0.175 e. The zero-order valence-electron chi connectivity index (χ0n) is 22.9. The first-order chi connectivity index (χ1) is 19.7. The van der Waals surface area contributed by atoms with Gasteiger partial charge in [-0.05, 0) is 78.9 Å². The number of pyridine rings is 1. The molecule has 0 saturated heterocycles. The van der Waals surface area contributed by atoms with Gasteiger partial charge in [0, 0.05) is 38.2 Å². The summed E-state index contributed by atoms with van der Waals surface area (Å²) in [7, 11) is -3.31. The van der Waals surface area contributed by atoms with Crippen LogP contribution in [0.3, 0.4) is 0 Å². The van der Waals surface area contributed by atoms with E-state index >= 15 is 0 Å². The molecule has 2 heterocycles. The van der Waals surface area contributed by atoms with E-state index in [-0.39, 0.29) is 4.90 Å². The molecule has 0 radical (unpaired) electrons. The zero-order valence-corrected chi connectivity index (χ0v) is 25.4. The lowest BCUT2D eigenvalue weighted by molar-refractivity contribution is 0.602. The lowest BCUT2D eigenvalue weighted by atomic mass is 9.97. The minimum atomic E-state index is -3.31. The third kappa shape index (κ3) is 5.17. The summed E-state index contributed by atoms with van der Waals surface area (Å²) in [5.74, 6) is 0. The molecule has 4 aromatic carbocycles. The molecule has 7 heteroatoms. The molecular weight excluding hydrogens is 565 g/mol. The first kappa shape index (κ1) is 27.3. The number of sulfone groups is 1. The molecule has 0 unspecified atom stereocenters. The SMILES string of the molecule is Cc1ccccc1N(c1ccccc1S)c1ccc(C)c2c(-c3cccs3)cc(-c3ccc(S(C)(=O)=O)cc3)nc12. The van der Waals surface area contributed by atoms with Crippen LogP contribution in [0.2, 0.25) is 0 Å². The van der Waals surface area contributed by atoms with Gasteiger partial charge in [-0.3, -0.25) is 0 Å². The van der Waals surface area contributed by atoms with Crippen LogP contribution in [-0.2, 0) is 9.84 Å². The lowest BCUT2D eigenvalue weighted by Crippen LogP contribution is -2.13. The Hall–Kier alpha value is -3.91. The minimum Gasteiger partial charge on any atom is -0.307 e. The Morgan fingerprint density at radius 1 is 0.756 bits per heavy atom. The van der Waals surface area contributed by atoms with Crippen molar-refractivity contribution in [1.29, 1.82) is 0 Å². The number of hydrogen-bond acceptors (Lipinski definition) is 6. The van der Waals surface area contributed by atoms with E-state index in [1.807, 2.05) is 42.5 Å². The van der Waals surface area contributed by atoms with Gasteiger partial charge in [-0.1, -0.05) is 54.6 Å². The standard InChI is InChI=1S/C34H28N2O2S3/c1-22-9-4-5-10-28(22)36(29-11-6-7-12-31(29)39)30-19-14-23(2)33-26(32-13-8-20-40-32)21-27(35-34(30)33)24-15-17-25(18-16-24)41(3,37)38/h4-21,39H,1-3H3. The van der Waals surface area contributed by atoms with Gasteiger partial charge in [0.1, 0.15) is 0 Å². The molecule has 2 aromatic heterocycles. The van der Waals surface area contributed by atoms with Crippen LogP contribution >= 0.6 is 24.0 Å². The van der Waals surface area contributed by atoms with Crippen molar-refractivity contribution < 1.29 is 8.42 Å². The van der Waals surface area contributed by atoms with Crippen molar-refractivity contribution in [2.45, 2.75) is 23.6 Å². The smallest absolute Gasteiger partial charge is 0.175 e. The van der Waals surface area contributed by atoms with Crippen LogP contribution in [0.25, 0.3) is 32.6 Å². The quantitative estimate of drug-likeness (QED) is 0.196. The second-order valence-electron chi connectivity index (χ2n) is 10.1. The highest BCUT2D eigenvalue weighted by Gasteiger charge is 2.22. The Labute approximate surface area is 250 Å². The van der Waals surface area contributed by atoms with E-state index in [2.05, 4.69) is 72.7 Å². The molecule has 6 rings (SSSR count). The van der Waals surface area contributed by atoms with Crippen molar-refractivity contribution in [3.05, 3.63) is 120 Å². The van der Waals surface area contributed by atoms with Gasteiger partial charge in [-0.15, -0.1) is 24.0 Å². The van der Waals surface area contributed by atoms with Gasteiger partial charge in [0.05, 0.1) is 27.5 Å². The summed E-state index contributed by atoms with van der Waals surface area (Å²) in [6, 6.07) is 34.0. The molecule has 0 aliphatic heterocycles. The van der Waals surface area contributed by atoms with Crippen LogP contribution in [0.4, 0.5) is 17.1 Å². The monoisotopic (exact) mass is 592 g/mol. The first-order valence-electron chi connectivity index (χ1n) is 13.1. The maximum absolute atomic E-state index is 12.1. The van der Waals surface area contributed by atoms with E-state index < -0.39 is 9.84 Å². The topological polar surface area (TPSA) is 50.3 Å². The molecule has 0 spiro atoms. The van der Waals surface area contributed by atoms with Crippen LogP contribution in [0, 0.1) is 13.8 Å². The van der Waals surface area contributed by atoms with E-state index in [1.54, 1.807) is 23.5 Å². The van der Waals surface area contributed by atoms with Gasteiger partial charge >= 0.3 is 0 Å². The number of para-hydroxylation sites is 2. The van der Waals surface area contributed by atoms with Crippen molar-refractivity contribution >= 4 is 61.8 Å². The molecule has 6 aromatic rings. The number of benzene rings is 4. The number of thiol groups is 1. The Kier molecular flexibility index (Phi) is 7.20. The maximum atomic E-state index is 12.1. The Morgan fingerprint density at radius 3 is 2.12 bits per heavy atom. The van der Waals surface area contributed by atoms with Crippen LogP contribution < -0.4 is 4.90 Å². The highest BCUT2D eigenvalue weighted by atomic mass is 32.2. The highest BCUT2D eigenvalue weighted by Crippen LogP contribution is 2.45. The molecule has 0 aliphatic rings.